The van der Waals surface area contributed by atoms with Gasteiger partial charge in [-0.15, -0.1) is 0 Å². The lowest BCUT2D eigenvalue weighted by molar-refractivity contribution is -0.409. The number of rotatable bonds is 5. The van der Waals surface area contributed by atoms with E-state index in [1.54, 1.807) is 36.9 Å². The van der Waals surface area contributed by atoms with Gasteiger partial charge in [0, 0.05) is 33.3 Å². The van der Waals surface area contributed by atoms with E-state index >= 15 is 0 Å². The average molecular weight is 556 g/mol. The lowest BCUT2D eigenvalue weighted by Gasteiger charge is -2.26. The number of amides is 2. The minimum atomic E-state index is -5.19. The third-order valence-corrected chi connectivity index (χ3v) is 6.02. The first-order chi connectivity index (χ1) is 18.1. The van der Waals surface area contributed by atoms with E-state index in [1.165, 1.54) is 11.2 Å². The number of alkyl halides is 5. The van der Waals surface area contributed by atoms with Gasteiger partial charge in [0.25, 0.3) is 11.8 Å². The Hall–Kier alpha value is -4.14. The van der Waals surface area contributed by atoms with Crippen molar-refractivity contribution in [1.29, 1.82) is 0 Å². The first-order valence-electron chi connectivity index (χ1n) is 11.5. The molecule has 39 heavy (non-hydrogen) atoms. The predicted molar refractivity (Wildman–Crippen MR) is 124 cm³/mol. The number of benzene rings is 1. The van der Waals surface area contributed by atoms with Crippen LogP contribution in [0.15, 0.2) is 48.9 Å². The smallest absolute Gasteiger partial charge is 0.430 e. The van der Waals surface area contributed by atoms with Gasteiger partial charge >= 0.3 is 6.18 Å². The van der Waals surface area contributed by atoms with Gasteiger partial charge in [0.1, 0.15) is 18.2 Å². The highest BCUT2D eigenvalue weighted by Crippen LogP contribution is 2.30. The van der Waals surface area contributed by atoms with Gasteiger partial charge in [0.2, 0.25) is 5.91 Å². The fourth-order valence-electron chi connectivity index (χ4n) is 4.00. The van der Waals surface area contributed by atoms with Crippen LogP contribution in [0.25, 0.3) is 16.8 Å². The number of halogens is 5. The molecule has 0 aliphatic carbocycles. The summed E-state index contributed by atoms with van der Waals surface area (Å²) >= 11 is 0. The summed E-state index contributed by atoms with van der Waals surface area (Å²) in [7, 11) is 3.19. The number of carboxylic acid groups (broad SMARTS) is 1. The number of fused-ring (bicyclic) bond motifs is 1. The number of carboxylic acids is 1. The van der Waals surface area contributed by atoms with Gasteiger partial charge in [0.05, 0.1) is 6.54 Å². The summed E-state index contributed by atoms with van der Waals surface area (Å²) in [6.45, 7) is -0.671. The number of hydrogen-bond acceptors (Lipinski definition) is 6. The highest BCUT2D eigenvalue weighted by molar-refractivity contribution is 5.92. The lowest BCUT2D eigenvalue weighted by atomic mass is 9.88. The zero-order valence-electron chi connectivity index (χ0n) is 20.9. The van der Waals surface area contributed by atoms with Crippen molar-refractivity contribution in [3.05, 3.63) is 54.5 Å². The number of pyridine rings is 1. The van der Waals surface area contributed by atoms with Crippen LogP contribution >= 0.6 is 0 Å². The van der Waals surface area contributed by atoms with Crippen molar-refractivity contribution in [1.82, 2.24) is 24.4 Å². The van der Waals surface area contributed by atoms with Crippen molar-refractivity contribution in [2.45, 2.75) is 30.5 Å². The number of quaternary nitrogens is 1. The summed E-state index contributed by atoms with van der Waals surface area (Å²) in [5.74, 6) is -7.62. The predicted octanol–water partition coefficient (Wildman–Crippen LogP) is 0.345. The second-order valence-corrected chi connectivity index (χ2v) is 9.07. The van der Waals surface area contributed by atoms with Crippen molar-refractivity contribution in [2.75, 3.05) is 27.2 Å². The van der Waals surface area contributed by atoms with Crippen molar-refractivity contribution in [3.8, 4) is 11.1 Å². The number of nitrogens with zero attached hydrogens (tertiary/aromatic N) is 5. The second kappa shape index (κ2) is 11.3. The molecule has 2 amide bonds. The van der Waals surface area contributed by atoms with E-state index in [0.29, 0.717) is 11.2 Å². The van der Waals surface area contributed by atoms with Crippen molar-refractivity contribution in [2.24, 2.45) is 0 Å². The van der Waals surface area contributed by atoms with Crippen molar-refractivity contribution >= 4 is 23.4 Å². The van der Waals surface area contributed by atoms with Gasteiger partial charge in [-0.1, -0.05) is 24.3 Å². The van der Waals surface area contributed by atoms with Crippen LogP contribution in [0, 0.1) is 0 Å². The largest absolute Gasteiger partial charge is 0.542 e. The molecule has 15 heteroatoms. The maximum atomic E-state index is 13.6. The maximum Gasteiger partial charge on any atom is 0.430 e. The summed E-state index contributed by atoms with van der Waals surface area (Å²) in [4.78, 5) is 41.3. The molecule has 2 aromatic heterocycles. The molecule has 210 valence electrons. The van der Waals surface area contributed by atoms with Crippen LogP contribution in [0.5, 0.6) is 0 Å². The molecule has 1 aromatic carbocycles. The van der Waals surface area contributed by atoms with E-state index in [4.69, 9.17) is 9.90 Å². The molecular weight excluding hydrogens is 531 g/mol. The SMILES string of the molecule is CN(C)C(=O)[C@@H](c1ccc(-c2ccn3ncnc3c2)cc1)[C@H]([NH3+])C(=O)N1CCC(F)(F)C1.O=C([O-])C(F)(F)F. The van der Waals surface area contributed by atoms with Crippen LogP contribution in [-0.4, -0.2) is 87.5 Å². The number of hydrogen-bond donors (Lipinski definition) is 1. The molecular formula is C24H25F5N6O4. The molecule has 3 heterocycles. The van der Waals surface area contributed by atoms with Crippen LogP contribution in [0.4, 0.5) is 22.0 Å². The van der Waals surface area contributed by atoms with Crippen LogP contribution in [0.3, 0.4) is 0 Å². The zero-order chi connectivity index (χ0) is 29.1. The Bertz CT molecular complexity index is 1340. The Morgan fingerprint density at radius 1 is 1.10 bits per heavy atom. The Labute approximate surface area is 218 Å². The highest BCUT2D eigenvalue weighted by atomic mass is 19.4. The molecule has 2 atom stereocenters. The number of aliphatic carboxylic acids is 1. The van der Waals surface area contributed by atoms with Gasteiger partial charge in [-0.2, -0.15) is 18.3 Å². The molecule has 1 saturated heterocycles. The summed E-state index contributed by atoms with van der Waals surface area (Å²) in [5, 5.41) is 12.9. The van der Waals surface area contributed by atoms with Crippen LogP contribution in [-0.2, 0) is 14.4 Å². The average Bonchev–Trinajstić information content (AvgIpc) is 3.49. The summed E-state index contributed by atoms with van der Waals surface area (Å²) in [6.07, 6.45) is -2.29. The maximum absolute atomic E-state index is 13.6. The van der Waals surface area contributed by atoms with Crippen LogP contribution in [0.1, 0.15) is 17.9 Å². The Balaban J connectivity index is 0.000000532. The van der Waals surface area contributed by atoms with Gasteiger partial charge in [-0.25, -0.2) is 18.3 Å². The monoisotopic (exact) mass is 556 g/mol. The van der Waals surface area contributed by atoms with Crippen LogP contribution < -0.4 is 10.8 Å². The first kappa shape index (κ1) is 29.4. The van der Waals surface area contributed by atoms with Gasteiger partial charge in [-0.05, 0) is 28.8 Å². The van der Waals surface area contributed by atoms with E-state index in [2.05, 4.69) is 15.8 Å². The Kier molecular flexibility index (Phi) is 8.53. The lowest BCUT2D eigenvalue weighted by Crippen LogP contribution is -2.71. The Morgan fingerprint density at radius 3 is 2.23 bits per heavy atom. The first-order valence-corrected chi connectivity index (χ1v) is 11.5. The zero-order valence-corrected chi connectivity index (χ0v) is 20.9. The fourth-order valence-corrected chi connectivity index (χ4v) is 4.00. The van der Waals surface area contributed by atoms with Crippen molar-refractivity contribution in [3.63, 3.8) is 0 Å². The molecule has 1 aliphatic heterocycles. The molecule has 3 aromatic rings. The number of carbonyl (C=O) groups is 3. The minimum absolute atomic E-state index is 0.0369. The minimum Gasteiger partial charge on any atom is -0.542 e. The topological polar surface area (TPSA) is 139 Å². The van der Waals surface area contributed by atoms with Gasteiger partial charge in [0.15, 0.2) is 11.7 Å². The number of likely N-dealkylation sites (N-methyl/N-ethyl adjacent to an activating group) is 1. The summed E-state index contributed by atoms with van der Waals surface area (Å²) in [5.41, 5.74) is 7.06. The third kappa shape index (κ3) is 7.04. The number of carbonyl (C=O) groups excluding carboxylic acids is 3. The molecule has 0 spiro atoms. The van der Waals surface area contributed by atoms with Gasteiger partial charge < -0.3 is 25.4 Å². The van der Waals surface area contributed by atoms with E-state index in [0.717, 1.165) is 16.0 Å². The molecule has 1 fully saturated rings. The molecule has 0 radical (unpaired) electrons. The molecule has 0 saturated carbocycles. The van der Waals surface area contributed by atoms with Crippen LogP contribution in [0.2, 0.25) is 0 Å². The highest BCUT2D eigenvalue weighted by Gasteiger charge is 2.45. The molecule has 4 rings (SSSR count). The summed E-state index contributed by atoms with van der Waals surface area (Å²) in [6, 6.07) is 10.0. The van der Waals surface area contributed by atoms with E-state index in [1.807, 2.05) is 24.3 Å². The number of aromatic nitrogens is 3. The molecule has 1 aliphatic rings. The molecule has 3 N–H and O–H groups in total. The second-order valence-electron chi connectivity index (χ2n) is 9.07. The standard InChI is InChI=1S/C22H24F2N6O2.C2HF3O2/c1-28(2)20(31)18(19(25)21(32)29-10-8-22(23,24)12-29)15-5-3-14(4-6-15)16-7-9-30-17(11-16)26-13-27-30;3-2(4,5)1(6)7/h3-7,9,11,13,18-19H,8,10,12,25H2,1-2H3;(H,6,7)/t18-,19-;/m0./s1. The molecule has 0 unspecified atom stereocenters. The van der Waals surface area contributed by atoms with Crippen molar-refractivity contribution < 1.29 is 47.2 Å². The quantitative estimate of drug-likeness (QED) is 0.450. The number of likely N-dealkylation sites (tertiary alicyclic amines) is 1. The van der Waals surface area contributed by atoms with Gasteiger partial charge in [-0.3, -0.25) is 9.59 Å². The molecule has 0 bridgehead atoms. The summed E-state index contributed by atoms with van der Waals surface area (Å²) < 4.78 is 60.4. The van der Waals surface area contributed by atoms with E-state index in [9.17, 15) is 31.5 Å². The third-order valence-electron chi connectivity index (χ3n) is 6.02. The Morgan fingerprint density at radius 2 is 1.72 bits per heavy atom. The normalized spacial score (nSPS) is 16.3. The molecule has 10 nitrogen and oxygen atoms in total. The van der Waals surface area contributed by atoms with E-state index in [-0.39, 0.29) is 18.9 Å². The fraction of sp³-hybridized carbons (Fsp3) is 0.375. The van der Waals surface area contributed by atoms with E-state index < -0.39 is 42.5 Å².